The van der Waals surface area contributed by atoms with E-state index < -0.39 is 42.6 Å². The first-order valence-corrected chi connectivity index (χ1v) is 14.6. The predicted molar refractivity (Wildman–Crippen MR) is 153 cm³/mol. The molecule has 1 aromatic heterocycles. The lowest BCUT2D eigenvalue weighted by Gasteiger charge is -2.64. The molecule has 2 amide bonds. The van der Waals surface area contributed by atoms with Gasteiger partial charge >= 0.3 is 7.12 Å². The Morgan fingerprint density at radius 2 is 1.85 bits per heavy atom. The lowest BCUT2D eigenvalue weighted by molar-refractivity contribution is -0.199. The minimum absolute atomic E-state index is 0.00256. The molecule has 3 saturated carbocycles. The van der Waals surface area contributed by atoms with E-state index in [0.29, 0.717) is 29.5 Å². The number of aliphatic hydroxyl groups excluding tert-OH is 1. The van der Waals surface area contributed by atoms with Crippen LogP contribution in [0.4, 0.5) is 0 Å². The number of amides is 2. The van der Waals surface area contributed by atoms with Crippen molar-refractivity contribution >= 4 is 18.9 Å². The normalized spacial score (nSPS) is 28.8. The Kier molecular flexibility index (Phi) is 7.65. The molecule has 1 aliphatic heterocycles. The second kappa shape index (κ2) is 10.6. The number of carbonyl (C=O) groups is 2. The molecule has 2 bridgehead atoms. The predicted octanol–water partition coefficient (Wildman–Crippen LogP) is 3.46. The smallest absolute Gasteiger partial charge is 0.404 e. The third-order valence-electron chi connectivity index (χ3n) is 9.66. The van der Waals surface area contributed by atoms with Crippen LogP contribution < -0.4 is 10.6 Å². The van der Waals surface area contributed by atoms with Crippen LogP contribution in [-0.4, -0.2) is 63.6 Å². The van der Waals surface area contributed by atoms with Gasteiger partial charge in [-0.05, 0) is 75.3 Å². The van der Waals surface area contributed by atoms with Crippen molar-refractivity contribution in [2.75, 3.05) is 0 Å². The SMILES string of the molecule is Cc1c(C(=O)N[C@H](C(=O)N[C@@H](CC(C)C)B2O[C@@H]3C[C@@H]4C[C@@H](C4(C)C)[C@]3(C)O2)[C@@H](C)O)cnn1-c1ccccc1. The van der Waals surface area contributed by atoms with Crippen molar-refractivity contribution in [3.8, 4) is 5.69 Å². The Morgan fingerprint density at radius 3 is 2.48 bits per heavy atom. The summed E-state index contributed by atoms with van der Waals surface area (Å²) in [5.41, 5.74) is 1.62. The standard InChI is InChI=1S/C30H43BN4O5/c1-17(2)13-25(31-39-24-15-20-14-23(29(20,5)6)30(24,7)40-31)33-28(38)26(19(4)36)34-27(37)22-16-32-35(18(22)3)21-11-9-8-10-12-21/h8-12,16-17,19-20,23-26,36H,13-15H2,1-7H3,(H,33,38)(H,34,37)/t19-,20+,23+,24-,25+,26+,30+/m1/s1. The van der Waals surface area contributed by atoms with Gasteiger partial charge < -0.3 is 25.0 Å². The van der Waals surface area contributed by atoms with E-state index >= 15 is 0 Å². The summed E-state index contributed by atoms with van der Waals surface area (Å²) in [5, 5.41) is 20.7. The number of hydrogen-bond donors (Lipinski definition) is 3. The van der Waals surface area contributed by atoms with Gasteiger partial charge in [-0.15, -0.1) is 0 Å². The van der Waals surface area contributed by atoms with Crippen molar-refractivity contribution in [1.29, 1.82) is 0 Å². The van der Waals surface area contributed by atoms with Crippen LogP contribution in [0.2, 0.25) is 0 Å². The molecule has 1 saturated heterocycles. The fourth-order valence-corrected chi connectivity index (χ4v) is 7.18. The van der Waals surface area contributed by atoms with Gasteiger partial charge in [-0.3, -0.25) is 9.59 Å². The number of carbonyl (C=O) groups excluding carboxylic acids is 2. The number of aromatic nitrogens is 2. The van der Waals surface area contributed by atoms with Crippen molar-refractivity contribution in [3.63, 3.8) is 0 Å². The van der Waals surface area contributed by atoms with Crippen LogP contribution in [-0.2, 0) is 14.1 Å². The number of hydrogen-bond acceptors (Lipinski definition) is 6. The Bertz CT molecular complexity index is 1250. The summed E-state index contributed by atoms with van der Waals surface area (Å²) in [6, 6.07) is 8.34. The molecule has 4 fully saturated rings. The Hall–Kier alpha value is -2.69. The van der Waals surface area contributed by atoms with Gasteiger partial charge in [-0.1, -0.05) is 45.9 Å². The van der Waals surface area contributed by atoms with Crippen LogP contribution >= 0.6 is 0 Å². The molecule has 0 radical (unpaired) electrons. The summed E-state index contributed by atoms with van der Waals surface area (Å²) >= 11 is 0. The van der Waals surface area contributed by atoms with E-state index in [1.807, 2.05) is 30.3 Å². The van der Waals surface area contributed by atoms with Gasteiger partial charge in [0.2, 0.25) is 5.91 Å². The third kappa shape index (κ3) is 4.99. The molecule has 3 N–H and O–H groups in total. The van der Waals surface area contributed by atoms with Crippen LogP contribution in [0.3, 0.4) is 0 Å². The number of para-hydroxylation sites is 1. The van der Waals surface area contributed by atoms with Crippen molar-refractivity contribution < 1.29 is 24.0 Å². The molecule has 0 spiro atoms. The summed E-state index contributed by atoms with van der Waals surface area (Å²) < 4.78 is 14.8. The summed E-state index contributed by atoms with van der Waals surface area (Å²) in [6.07, 6.45) is 3.10. The molecular weight excluding hydrogens is 507 g/mol. The average molecular weight is 551 g/mol. The van der Waals surface area contributed by atoms with Gasteiger partial charge in [0.15, 0.2) is 0 Å². The highest BCUT2D eigenvalue weighted by Crippen LogP contribution is 2.65. The number of aliphatic hydroxyl groups is 1. The van der Waals surface area contributed by atoms with Crippen molar-refractivity contribution in [1.82, 2.24) is 20.4 Å². The highest BCUT2D eigenvalue weighted by molar-refractivity contribution is 6.48. The minimum atomic E-state index is -1.16. The summed E-state index contributed by atoms with van der Waals surface area (Å²) in [6.45, 7) is 14.3. The Labute approximate surface area is 237 Å². The molecule has 0 unspecified atom stereocenters. The number of nitrogens with zero attached hydrogens (tertiary/aromatic N) is 2. The topological polar surface area (TPSA) is 115 Å². The number of benzene rings is 1. The van der Waals surface area contributed by atoms with Gasteiger partial charge in [0, 0.05) is 0 Å². The first-order valence-electron chi connectivity index (χ1n) is 14.6. The van der Waals surface area contributed by atoms with Crippen LogP contribution in [0.25, 0.3) is 5.69 Å². The molecule has 10 heteroatoms. The zero-order chi connectivity index (χ0) is 29.0. The van der Waals surface area contributed by atoms with Gasteiger partial charge in [-0.2, -0.15) is 5.10 Å². The fraction of sp³-hybridized carbons (Fsp3) is 0.633. The first kappa shape index (κ1) is 28.8. The number of nitrogens with one attached hydrogen (secondary N) is 2. The van der Waals surface area contributed by atoms with Crippen LogP contribution in [0.15, 0.2) is 36.5 Å². The zero-order valence-electron chi connectivity index (χ0n) is 24.7. The summed E-state index contributed by atoms with van der Waals surface area (Å²) in [4.78, 5) is 26.8. The fourth-order valence-electron chi connectivity index (χ4n) is 7.18. The summed E-state index contributed by atoms with van der Waals surface area (Å²) in [5.74, 6) is -0.0663. The Morgan fingerprint density at radius 1 is 1.15 bits per heavy atom. The molecule has 6 rings (SSSR count). The van der Waals surface area contributed by atoms with E-state index in [1.165, 1.54) is 13.1 Å². The average Bonchev–Trinajstić information content (AvgIpc) is 3.46. The van der Waals surface area contributed by atoms with Crippen LogP contribution in [0.1, 0.15) is 76.9 Å². The maximum absolute atomic E-state index is 13.6. The zero-order valence-corrected chi connectivity index (χ0v) is 24.7. The maximum Gasteiger partial charge on any atom is 0.481 e. The second-order valence-corrected chi connectivity index (χ2v) is 13.2. The van der Waals surface area contributed by atoms with Crippen molar-refractivity contribution in [2.45, 2.75) is 97.5 Å². The molecule has 7 atom stereocenters. The van der Waals surface area contributed by atoms with Crippen molar-refractivity contribution in [2.24, 2.45) is 23.2 Å². The van der Waals surface area contributed by atoms with E-state index in [2.05, 4.69) is 50.4 Å². The lowest BCUT2D eigenvalue weighted by Crippen LogP contribution is -2.65. The third-order valence-corrected chi connectivity index (χ3v) is 9.66. The number of rotatable bonds is 9. The first-order chi connectivity index (χ1) is 18.8. The molecule has 1 aromatic carbocycles. The molecule has 2 aromatic rings. The highest BCUT2D eigenvalue weighted by atomic mass is 16.7. The largest absolute Gasteiger partial charge is 0.481 e. The van der Waals surface area contributed by atoms with Gasteiger partial charge in [0.25, 0.3) is 5.91 Å². The van der Waals surface area contributed by atoms with Crippen LogP contribution in [0, 0.1) is 30.1 Å². The van der Waals surface area contributed by atoms with Crippen molar-refractivity contribution in [3.05, 3.63) is 47.8 Å². The molecular formula is C30H43BN4O5. The summed E-state index contributed by atoms with van der Waals surface area (Å²) in [7, 11) is -0.590. The van der Waals surface area contributed by atoms with E-state index in [4.69, 9.17) is 9.31 Å². The van der Waals surface area contributed by atoms with E-state index in [1.54, 1.807) is 11.6 Å². The minimum Gasteiger partial charge on any atom is -0.404 e. The van der Waals surface area contributed by atoms with Gasteiger partial charge in [0.1, 0.15) is 6.04 Å². The molecule has 40 heavy (non-hydrogen) atoms. The van der Waals surface area contributed by atoms with E-state index in [0.717, 1.165) is 18.5 Å². The van der Waals surface area contributed by atoms with Gasteiger partial charge in [0.05, 0.1) is 46.9 Å². The molecule has 4 aliphatic rings. The quantitative estimate of drug-likeness (QED) is 0.412. The molecule has 216 valence electrons. The van der Waals surface area contributed by atoms with Gasteiger partial charge in [-0.25, -0.2) is 4.68 Å². The molecule has 2 heterocycles. The maximum atomic E-state index is 13.6. The molecule has 9 nitrogen and oxygen atoms in total. The highest BCUT2D eigenvalue weighted by Gasteiger charge is 2.68. The monoisotopic (exact) mass is 550 g/mol. The lowest BCUT2D eigenvalue weighted by atomic mass is 9.43. The van der Waals surface area contributed by atoms with E-state index in [-0.39, 0.29) is 17.4 Å². The van der Waals surface area contributed by atoms with E-state index in [9.17, 15) is 14.7 Å². The van der Waals surface area contributed by atoms with Crippen LogP contribution in [0.5, 0.6) is 0 Å². The second-order valence-electron chi connectivity index (χ2n) is 13.2. The Balaban J connectivity index is 1.30. The molecule has 3 aliphatic carbocycles.